The Bertz CT molecular complexity index is 679. The van der Waals surface area contributed by atoms with Crippen LogP contribution in [0.25, 0.3) is 0 Å². The molecule has 0 bridgehead atoms. The fourth-order valence-corrected chi connectivity index (χ4v) is 2.00. The monoisotopic (exact) mass is 392 g/mol. The maximum absolute atomic E-state index is 14.2. The summed E-state index contributed by atoms with van der Waals surface area (Å²) >= 11 is 1.60. The maximum Gasteiger partial charge on any atom is 0.248 e. The van der Waals surface area contributed by atoms with Crippen molar-refractivity contribution >= 4 is 39.9 Å². The molecule has 0 unspecified atom stereocenters. The Labute approximate surface area is 126 Å². The number of hydrogen-bond donors (Lipinski definition) is 1. The van der Waals surface area contributed by atoms with Crippen LogP contribution in [0.1, 0.15) is 10.4 Å². The van der Waals surface area contributed by atoms with E-state index in [0.717, 1.165) is 12.1 Å². The zero-order chi connectivity index (χ0) is 14.9. The summed E-state index contributed by atoms with van der Waals surface area (Å²) in [5.41, 5.74) is 4.44. The third-order valence-corrected chi connectivity index (χ3v) is 3.42. The van der Waals surface area contributed by atoms with E-state index in [4.69, 9.17) is 5.73 Å². The Morgan fingerprint density at radius 2 is 1.85 bits per heavy atom. The third kappa shape index (κ3) is 2.72. The number of anilines is 2. The van der Waals surface area contributed by atoms with Crippen molar-refractivity contribution in [2.75, 3.05) is 5.12 Å². The largest absolute Gasteiger partial charge is 0.366 e. The highest BCUT2D eigenvalue weighted by molar-refractivity contribution is 14.1. The number of primary amides is 1. The van der Waals surface area contributed by atoms with Crippen molar-refractivity contribution in [2.45, 2.75) is 0 Å². The van der Waals surface area contributed by atoms with Crippen molar-refractivity contribution < 1.29 is 18.1 Å². The van der Waals surface area contributed by atoms with Crippen LogP contribution in [0.4, 0.5) is 24.6 Å². The number of halogens is 4. The quantitative estimate of drug-likeness (QED) is 0.492. The molecule has 7 heteroatoms. The molecule has 20 heavy (non-hydrogen) atoms. The number of hydrogen-bond acceptors (Lipinski definition) is 2. The molecule has 0 atom stereocenters. The SMILES string of the molecule is NC(=O)c1cccc(N(F)c2ccc(I)c(F)c2F)c1. The summed E-state index contributed by atoms with van der Waals surface area (Å²) in [5.74, 6) is -3.17. The highest BCUT2D eigenvalue weighted by Gasteiger charge is 2.19. The van der Waals surface area contributed by atoms with Crippen molar-refractivity contribution in [3.8, 4) is 0 Å². The van der Waals surface area contributed by atoms with E-state index < -0.39 is 23.2 Å². The minimum absolute atomic E-state index is 0.0407. The van der Waals surface area contributed by atoms with Crippen molar-refractivity contribution in [1.29, 1.82) is 0 Å². The zero-order valence-corrected chi connectivity index (χ0v) is 12.1. The highest BCUT2D eigenvalue weighted by atomic mass is 127. The Kier molecular flexibility index (Phi) is 4.17. The lowest BCUT2D eigenvalue weighted by atomic mass is 10.2. The van der Waals surface area contributed by atoms with Gasteiger partial charge in [0.25, 0.3) is 0 Å². The molecule has 2 aromatic carbocycles. The maximum atomic E-state index is 14.2. The fraction of sp³-hybridized carbons (Fsp3) is 0. The molecule has 0 heterocycles. The number of nitrogens with zero attached hydrogens (tertiary/aromatic N) is 1. The smallest absolute Gasteiger partial charge is 0.248 e. The van der Waals surface area contributed by atoms with Crippen LogP contribution < -0.4 is 10.9 Å². The van der Waals surface area contributed by atoms with Gasteiger partial charge in [-0.05, 0) is 52.9 Å². The first kappa shape index (κ1) is 14.6. The van der Waals surface area contributed by atoms with Crippen molar-refractivity contribution in [1.82, 2.24) is 0 Å². The van der Waals surface area contributed by atoms with E-state index in [2.05, 4.69) is 0 Å². The average Bonchev–Trinajstić information content (AvgIpc) is 2.44. The summed E-state index contributed by atoms with van der Waals surface area (Å²) in [6.07, 6.45) is 0. The van der Waals surface area contributed by atoms with Gasteiger partial charge in [-0.2, -0.15) is 5.12 Å². The minimum atomic E-state index is -1.30. The molecule has 0 aliphatic carbocycles. The summed E-state index contributed by atoms with van der Waals surface area (Å²) in [5, 5.41) is -0.0407. The minimum Gasteiger partial charge on any atom is -0.366 e. The van der Waals surface area contributed by atoms with Crippen LogP contribution in [0, 0.1) is 15.2 Å². The van der Waals surface area contributed by atoms with Crippen LogP contribution in [-0.2, 0) is 0 Å². The van der Waals surface area contributed by atoms with Gasteiger partial charge in [-0.1, -0.05) is 10.5 Å². The average molecular weight is 392 g/mol. The number of nitrogens with two attached hydrogens (primary N) is 1. The van der Waals surface area contributed by atoms with Crippen LogP contribution in [0.5, 0.6) is 0 Å². The van der Waals surface area contributed by atoms with Gasteiger partial charge in [0, 0.05) is 5.56 Å². The van der Waals surface area contributed by atoms with Gasteiger partial charge in [-0.25, -0.2) is 8.78 Å². The van der Waals surface area contributed by atoms with Gasteiger partial charge in [-0.3, -0.25) is 4.79 Å². The lowest BCUT2D eigenvalue weighted by molar-refractivity contribution is 0.100. The van der Waals surface area contributed by atoms with E-state index in [9.17, 15) is 18.1 Å². The Balaban J connectivity index is 2.46. The molecule has 0 aliphatic rings. The van der Waals surface area contributed by atoms with Gasteiger partial charge in [-0.15, -0.1) is 0 Å². The van der Waals surface area contributed by atoms with E-state index in [0.29, 0.717) is 0 Å². The van der Waals surface area contributed by atoms with Gasteiger partial charge in [0.1, 0.15) is 5.69 Å². The molecule has 0 fully saturated rings. The fourth-order valence-electron chi connectivity index (χ4n) is 1.59. The lowest BCUT2D eigenvalue weighted by Crippen LogP contribution is -2.13. The van der Waals surface area contributed by atoms with Gasteiger partial charge >= 0.3 is 0 Å². The molecular formula is C13H8F3IN2O. The number of benzene rings is 2. The van der Waals surface area contributed by atoms with Crippen LogP contribution in [0.3, 0.4) is 0 Å². The summed E-state index contributed by atoms with van der Waals surface area (Å²) < 4.78 is 41.3. The molecule has 0 spiro atoms. The number of amides is 1. The van der Waals surface area contributed by atoms with Gasteiger partial charge < -0.3 is 5.73 Å². The molecule has 0 aromatic heterocycles. The standard InChI is InChI=1S/C13H8F3IN2O/c14-11-9(17)4-5-10(12(11)15)19(16)8-3-1-2-7(6-8)13(18)20/h1-6H,(H2,18,20). The summed E-state index contributed by atoms with van der Waals surface area (Å²) in [6, 6.07) is 7.60. The molecule has 2 aromatic rings. The summed E-state index contributed by atoms with van der Waals surface area (Å²) in [4.78, 5) is 11.0. The normalized spacial score (nSPS) is 10.4. The number of rotatable bonds is 3. The molecule has 2 N–H and O–H groups in total. The highest BCUT2D eigenvalue weighted by Crippen LogP contribution is 2.31. The topological polar surface area (TPSA) is 46.3 Å². The summed E-state index contributed by atoms with van der Waals surface area (Å²) in [7, 11) is 0. The first-order valence-electron chi connectivity index (χ1n) is 5.41. The molecular weight excluding hydrogens is 384 g/mol. The van der Waals surface area contributed by atoms with Crippen LogP contribution >= 0.6 is 22.6 Å². The Morgan fingerprint density at radius 3 is 2.50 bits per heavy atom. The predicted octanol–water partition coefficient (Wildman–Crippen LogP) is 3.69. The van der Waals surface area contributed by atoms with Crippen LogP contribution in [0.2, 0.25) is 0 Å². The molecule has 3 nitrogen and oxygen atoms in total. The van der Waals surface area contributed by atoms with E-state index >= 15 is 0 Å². The van der Waals surface area contributed by atoms with Gasteiger partial charge in [0.2, 0.25) is 5.91 Å². The van der Waals surface area contributed by atoms with Gasteiger partial charge in [0.05, 0.1) is 9.26 Å². The predicted molar refractivity (Wildman–Crippen MR) is 77.3 cm³/mol. The molecule has 0 aliphatic heterocycles. The molecule has 104 valence electrons. The van der Waals surface area contributed by atoms with E-state index in [1.165, 1.54) is 24.3 Å². The van der Waals surface area contributed by atoms with E-state index in [-0.39, 0.29) is 19.9 Å². The van der Waals surface area contributed by atoms with Crippen molar-refractivity contribution in [3.05, 3.63) is 57.2 Å². The van der Waals surface area contributed by atoms with Crippen molar-refractivity contribution in [2.24, 2.45) is 5.73 Å². The lowest BCUT2D eigenvalue weighted by Gasteiger charge is -2.15. The molecule has 0 saturated carbocycles. The Morgan fingerprint density at radius 1 is 1.15 bits per heavy atom. The molecule has 2 rings (SSSR count). The second-order valence-corrected chi connectivity index (χ2v) is 5.05. The number of carbonyl (C=O) groups is 1. The van der Waals surface area contributed by atoms with Crippen molar-refractivity contribution in [3.63, 3.8) is 0 Å². The van der Waals surface area contributed by atoms with E-state index in [1.807, 2.05) is 0 Å². The Hall–Kier alpha value is -1.77. The van der Waals surface area contributed by atoms with E-state index in [1.54, 1.807) is 22.6 Å². The van der Waals surface area contributed by atoms with Crippen LogP contribution in [-0.4, -0.2) is 5.91 Å². The molecule has 1 amide bonds. The first-order valence-corrected chi connectivity index (χ1v) is 6.49. The van der Waals surface area contributed by atoms with Gasteiger partial charge in [0.15, 0.2) is 11.6 Å². The number of carbonyl (C=O) groups excluding carboxylic acids is 1. The third-order valence-electron chi connectivity index (χ3n) is 2.58. The molecule has 0 saturated heterocycles. The zero-order valence-electron chi connectivity index (χ0n) is 9.91. The second kappa shape index (κ2) is 5.70. The first-order chi connectivity index (χ1) is 9.41. The second-order valence-electron chi connectivity index (χ2n) is 3.89. The molecule has 0 radical (unpaired) electrons. The summed E-state index contributed by atoms with van der Waals surface area (Å²) in [6.45, 7) is 0. The van der Waals surface area contributed by atoms with Crippen LogP contribution in [0.15, 0.2) is 36.4 Å².